The van der Waals surface area contributed by atoms with Gasteiger partial charge in [0.25, 0.3) is 0 Å². The van der Waals surface area contributed by atoms with E-state index in [1.165, 1.54) is 0 Å². The van der Waals surface area contributed by atoms with E-state index in [0.717, 1.165) is 49.4 Å². The lowest BCUT2D eigenvalue weighted by Crippen LogP contribution is -2.39. The third kappa shape index (κ3) is 3.57. The summed E-state index contributed by atoms with van der Waals surface area (Å²) in [4.78, 5) is 24.0. The highest BCUT2D eigenvalue weighted by molar-refractivity contribution is 5.82. The van der Waals surface area contributed by atoms with Gasteiger partial charge in [0.2, 0.25) is 5.91 Å². The van der Waals surface area contributed by atoms with Crippen molar-refractivity contribution in [3.05, 3.63) is 30.4 Å². The molecule has 2 aromatic rings. The average molecular weight is 341 g/mol. The van der Waals surface area contributed by atoms with Gasteiger partial charge in [-0.3, -0.25) is 14.5 Å². The molecule has 1 aliphatic rings. The maximum atomic E-state index is 12.8. The van der Waals surface area contributed by atoms with Crippen molar-refractivity contribution in [2.24, 2.45) is 5.41 Å². The summed E-state index contributed by atoms with van der Waals surface area (Å²) in [6, 6.07) is 1.98. The number of carbonyl (C=O) groups excluding carboxylic acids is 1. The second-order valence-electron chi connectivity index (χ2n) is 7.68. The van der Waals surface area contributed by atoms with Crippen LogP contribution < -0.4 is 0 Å². The van der Waals surface area contributed by atoms with Gasteiger partial charge < -0.3 is 4.90 Å². The Morgan fingerprint density at radius 3 is 2.84 bits per heavy atom. The molecule has 0 aliphatic carbocycles. The topological polar surface area (TPSA) is 63.9 Å². The summed E-state index contributed by atoms with van der Waals surface area (Å²) in [5.41, 5.74) is 2.28. The van der Waals surface area contributed by atoms with E-state index < -0.39 is 0 Å². The molecule has 0 N–H and O–H groups in total. The minimum absolute atomic E-state index is 0.0155. The lowest BCUT2D eigenvalue weighted by atomic mass is 9.94. The largest absolute Gasteiger partial charge is 0.334 e. The van der Waals surface area contributed by atoms with E-state index in [-0.39, 0.29) is 17.4 Å². The van der Waals surface area contributed by atoms with Crippen LogP contribution in [0.2, 0.25) is 0 Å². The molecule has 3 rings (SSSR count). The first kappa shape index (κ1) is 17.6. The van der Waals surface area contributed by atoms with E-state index in [1.807, 2.05) is 36.4 Å². The van der Waals surface area contributed by atoms with Crippen LogP contribution >= 0.6 is 0 Å². The molecule has 6 heteroatoms. The number of hydrogen-bond donors (Lipinski definition) is 0. The number of nitrogens with zero attached hydrogens (tertiary/aromatic N) is 5. The lowest BCUT2D eigenvalue weighted by molar-refractivity contribution is -0.140. The first-order valence-corrected chi connectivity index (χ1v) is 9.07. The molecule has 0 unspecified atom stereocenters. The second-order valence-corrected chi connectivity index (χ2v) is 7.68. The van der Waals surface area contributed by atoms with Gasteiger partial charge in [0.1, 0.15) is 5.69 Å². The number of aromatic nitrogens is 4. The van der Waals surface area contributed by atoms with Crippen molar-refractivity contribution in [2.75, 3.05) is 6.54 Å². The molecule has 0 spiro atoms. The zero-order chi connectivity index (χ0) is 18.0. The number of hydrogen-bond acceptors (Lipinski definition) is 4. The fourth-order valence-corrected chi connectivity index (χ4v) is 3.35. The molecule has 0 bridgehead atoms. The van der Waals surface area contributed by atoms with E-state index in [0.29, 0.717) is 0 Å². The molecule has 1 amide bonds. The second kappa shape index (κ2) is 6.94. The minimum atomic E-state index is -0.382. The molecule has 6 nitrogen and oxygen atoms in total. The Bertz CT molecular complexity index is 746. The van der Waals surface area contributed by atoms with Gasteiger partial charge in [-0.2, -0.15) is 5.10 Å². The molecule has 1 fully saturated rings. The van der Waals surface area contributed by atoms with Gasteiger partial charge in [-0.15, -0.1) is 0 Å². The summed E-state index contributed by atoms with van der Waals surface area (Å²) < 4.78 is 1.96. The number of aryl methyl sites for hydroxylation is 1. The molecular formula is C19H27N5O. The van der Waals surface area contributed by atoms with Crippen LogP contribution in [0, 0.1) is 5.41 Å². The SMILES string of the molecule is CCCn1nccc1-c1cncc([C@@H]2CCCN2C(=O)C(C)(C)C)n1. The Morgan fingerprint density at radius 2 is 2.12 bits per heavy atom. The van der Waals surface area contributed by atoms with Crippen LogP contribution in [0.3, 0.4) is 0 Å². The van der Waals surface area contributed by atoms with Crippen molar-refractivity contribution in [1.29, 1.82) is 0 Å². The molecular weight excluding hydrogens is 314 g/mol. The molecule has 1 saturated heterocycles. The lowest BCUT2D eigenvalue weighted by Gasteiger charge is -2.30. The van der Waals surface area contributed by atoms with Gasteiger partial charge in [0.05, 0.1) is 29.8 Å². The Morgan fingerprint density at radius 1 is 1.32 bits per heavy atom. The Kier molecular flexibility index (Phi) is 4.88. The van der Waals surface area contributed by atoms with Crippen LogP contribution in [0.5, 0.6) is 0 Å². The summed E-state index contributed by atoms with van der Waals surface area (Å²) in [5, 5.41) is 4.37. The van der Waals surface area contributed by atoms with Crippen molar-refractivity contribution in [3.63, 3.8) is 0 Å². The molecule has 0 radical (unpaired) electrons. The highest BCUT2D eigenvalue weighted by Crippen LogP contribution is 2.34. The summed E-state index contributed by atoms with van der Waals surface area (Å²) in [7, 11) is 0. The molecule has 0 saturated carbocycles. The predicted molar refractivity (Wildman–Crippen MR) is 96.7 cm³/mol. The van der Waals surface area contributed by atoms with Crippen LogP contribution in [0.15, 0.2) is 24.7 Å². The van der Waals surface area contributed by atoms with Crippen molar-refractivity contribution in [1.82, 2.24) is 24.6 Å². The molecule has 25 heavy (non-hydrogen) atoms. The number of rotatable bonds is 4. The van der Waals surface area contributed by atoms with Gasteiger partial charge >= 0.3 is 0 Å². The zero-order valence-corrected chi connectivity index (χ0v) is 15.6. The number of carbonyl (C=O) groups is 1. The summed E-state index contributed by atoms with van der Waals surface area (Å²) >= 11 is 0. The average Bonchev–Trinajstić information content (AvgIpc) is 3.23. The summed E-state index contributed by atoms with van der Waals surface area (Å²) in [6.07, 6.45) is 8.32. The monoisotopic (exact) mass is 341 g/mol. The van der Waals surface area contributed by atoms with Gasteiger partial charge in [-0.25, -0.2) is 4.98 Å². The highest BCUT2D eigenvalue weighted by Gasteiger charge is 2.36. The maximum Gasteiger partial charge on any atom is 0.228 e. The third-order valence-electron chi connectivity index (χ3n) is 4.56. The molecule has 1 aliphatic heterocycles. The van der Waals surface area contributed by atoms with Gasteiger partial charge in [0, 0.05) is 24.7 Å². The first-order valence-electron chi connectivity index (χ1n) is 9.07. The Hall–Kier alpha value is -2.24. The van der Waals surface area contributed by atoms with Crippen LogP contribution in [-0.2, 0) is 11.3 Å². The fourth-order valence-electron chi connectivity index (χ4n) is 3.35. The van der Waals surface area contributed by atoms with E-state index in [2.05, 4.69) is 17.0 Å². The van der Waals surface area contributed by atoms with Crippen LogP contribution in [0.1, 0.15) is 58.7 Å². The van der Waals surface area contributed by atoms with Crippen LogP contribution in [-0.4, -0.2) is 37.1 Å². The molecule has 3 heterocycles. The molecule has 134 valence electrons. The van der Waals surface area contributed by atoms with Crippen molar-refractivity contribution in [3.8, 4) is 11.4 Å². The van der Waals surface area contributed by atoms with Crippen LogP contribution in [0.25, 0.3) is 11.4 Å². The smallest absolute Gasteiger partial charge is 0.228 e. The molecule has 0 aromatic carbocycles. The molecule has 1 atom stereocenters. The van der Waals surface area contributed by atoms with Gasteiger partial charge in [-0.05, 0) is 25.3 Å². The van der Waals surface area contributed by atoms with Crippen molar-refractivity contribution in [2.45, 2.75) is 59.5 Å². The third-order valence-corrected chi connectivity index (χ3v) is 4.56. The number of amides is 1. The first-order chi connectivity index (χ1) is 11.9. The summed E-state index contributed by atoms with van der Waals surface area (Å²) in [5.74, 6) is 0.179. The Balaban J connectivity index is 1.91. The highest BCUT2D eigenvalue weighted by atomic mass is 16.2. The van der Waals surface area contributed by atoms with Crippen molar-refractivity contribution < 1.29 is 4.79 Å². The number of likely N-dealkylation sites (tertiary alicyclic amines) is 1. The minimum Gasteiger partial charge on any atom is -0.334 e. The van der Waals surface area contributed by atoms with E-state index in [1.54, 1.807) is 18.6 Å². The van der Waals surface area contributed by atoms with E-state index in [4.69, 9.17) is 4.98 Å². The summed E-state index contributed by atoms with van der Waals surface area (Å²) in [6.45, 7) is 9.68. The standard InChI is InChI=1S/C19H27N5O/c1-5-10-24-17(8-9-21-24)15-13-20-12-14(22-15)16-7-6-11-23(16)18(25)19(2,3)4/h8-9,12-13,16H,5-7,10-11H2,1-4H3/t16-/m0/s1. The zero-order valence-electron chi connectivity index (χ0n) is 15.6. The fraction of sp³-hybridized carbons (Fsp3) is 0.579. The predicted octanol–water partition coefficient (Wildman–Crippen LogP) is 3.46. The molecule has 2 aromatic heterocycles. The Labute approximate surface area is 149 Å². The van der Waals surface area contributed by atoms with Gasteiger partial charge in [-0.1, -0.05) is 27.7 Å². The van der Waals surface area contributed by atoms with Crippen molar-refractivity contribution >= 4 is 5.91 Å². The van der Waals surface area contributed by atoms with Gasteiger partial charge in [0.15, 0.2) is 0 Å². The van der Waals surface area contributed by atoms with E-state index >= 15 is 0 Å². The quantitative estimate of drug-likeness (QED) is 0.854. The van der Waals surface area contributed by atoms with Crippen LogP contribution in [0.4, 0.5) is 0 Å². The van der Waals surface area contributed by atoms with E-state index in [9.17, 15) is 4.79 Å². The normalized spacial score (nSPS) is 17.9. The maximum absolute atomic E-state index is 12.8.